The van der Waals surface area contributed by atoms with Gasteiger partial charge in [0.05, 0.1) is 11.0 Å². The fraction of sp³-hybridized carbons (Fsp3) is 0.0476. The quantitative estimate of drug-likeness (QED) is 0.193. The van der Waals surface area contributed by atoms with Crippen molar-refractivity contribution in [2.24, 2.45) is 0 Å². The Hall–Kier alpha value is -6.00. The highest BCUT2D eigenvalue weighted by molar-refractivity contribution is 6.10. The van der Waals surface area contributed by atoms with Gasteiger partial charge < -0.3 is 9.47 Å². The molecule has 0 aliphatic rings. The van der Waals surface area contributed by atoms with E-state index in [0.29, 0.717) is 0 Å². The molecule has 4 nitrogen and oxygen atoms in total. The van der Waals surface area contributed by atoms with Gasteiger partial charge >= 0.3 is 0 Å². The van der Waals surface area contributed by atoms with Crippen LogP contribution < -0.4 is 4.90 Å². The third-order valence-electron chi connectivity index (χ3n) is 8.82. The first-order chi connectivity index (χ1) is 22.7. The van der Waals surface area contributed by atoms with Gasteiger partial charge in [-0.05, 0) is 102 Å². The van der Waals surface area contributed by atoms with Gasteiger partial charge in [0.15, 0.2) is 0 Å². The van der Waals surface area contributed by atoms with Crippen LogP contribution in [0, 0.1) is 13.8 Å². The molecule has 4 heteroatoms. The van der Waals surface area contributed by atoms with Crippen molar-refractivity contribution in [3.8, 4) is 27.9 Å². The molecule has 0 saturated heterocycles. The molecule has 0 amide bonds. The molecule has 0 spiro atoms. The summed E-state index contributed by atoms with van der Waals surface area (Å²) < 4.78 is 2.43. The Morgan fingerprint density at radius 1 is 0.478 bits per heavy atom. The third-order valence-corrected chi connectivity index (χ3v) is 8.82. The Balaban J connectivity index is 1.25. The lowest BCUT2D eigenvalue weighted by Gasteiger charge is -2.25. The van der Waals surface area contributed by atoms with Crippen molar-refractivity contribution in [1.29, 1.82) is 0 Å². The van der Waals surface area contributed by atoms with E-state index in [0.717, 1.165) is 28.2 Å². The lowest BCUT2D eigenvalue weighted by Crippen LogP contribution is -2.09. The maximum absolute atomic E-state index is 4.17. The minimum Gasteiger partial charge on any atom is -0.310 e. The van der Waals surface area contributed by atoms with Gasteiger partial charge in [-0.2, -0.15) is 0 Å². The summed E-state index contributed by atoms with van der Waals surface area (Å²) in [6, 6.07) is 50.1. The van der Waals surface area contributed by atoms with Crippen LogP contribution in [0.3, 0.4) is 0 Å². The van der Waals surface area contributed by atoms with E-state index in [4.69, 9.17) is 0 Å². The van der Waals surface area contributed by atoms with Gasteiger partial charge in [0, 0.05) is 51.5 Å². The van der Waals surface area contributed by atoms with Gasteiger partial charge in [-0.1, -0.05) is 78.9 Å². The number of para-hydroxylation sites is 3. The van der Waals surface area contributed by atoms with Gasteiger partial charge in [0.2, 0.25) is 0 Å². The summed E-state index contributed by atoms with van der Waals surface area (Å²) in [6.45, 7) is 4.43. The van der Waals surface area contributed by atoms with Gasteiger partial charge in [-0.3, -0.25) is 0 Å². The molecular formula is C42H32N4. The highest BCUT2D eigenvalue weighted by Gasteiger charge is 2.18. The number of hydrogen-bond acceptors (Lipinski definition) is 3. The molecule has 0 unspecified atom stereocenters. The van der Waals surface area contributed by atoms with Crippen molar-refractivity contribution in [2.45, 2.75) is 13.8 Å². The molecule has 0 N–H and O–H groups in total. The van der Waals surface area contributed by atoms with Gasteiger partial charge in [0.25, 0.3) is 0 Å². The van der Waals surface area contributed by atoms with Crippen molar-refractivity contribution in [2.75, 3.05) is 4.90 Å². The predicted molar refractivity (Wildman–Crippen MR) is 191 cm³/mol. The maximum Gasteiger partial charge on any atom is 0.115 e. The van der Waals surface area contributed by atoms with E-state index in [1.807, 2.05) is 12.4 Å². The summed E-state index contributed by atoms with van der Waals surface area (Å²) in [5, 5.41) is 2.47. The summed E-state index contributed by atoms with van der Waals surface area (Å²) in [7, 11) is 0. The molecule has 6 aromatic carbocycles. The van der Waals surface area contributed by atoms with Crippen molar-refractivity contribution >= 4 is 38.9 Å². The zero-order chi connectivity index (χ0) is 31.0. The van der Waals surface area contributed by atoms with Gasteiger partial charge in [0.1, 0.15) is 6.33 Å². The Morgan fingerprint density at radius 3 is 1.78 bits per heavy atom. The zero-order valence-electron chi connectivity index (χ0n) is 25.8. The summed E-state index contributed by atoms with van der Waals surface area (Å²) in [4.78, 5) is 10.7. The smallest absolute Gasteiger partial charge is 0.115 e. The number of rotatable bonds is 6. The molecule has 0 radical (unpaired) electrons. The second-order valence-corrected chi connectivity index (χ2v) is 11.7. The van der Waals surface area contributed by atoms with Crippen molar-refractivity contribution < 1.29 is 0 Å². The molecule has 220 valence electrons. The summed E-state index contributed by atoms with van der Waals surface area (Å²) >= 11 is 0. The highest BCUT2D eigenvalue weighted by atomic mass is 15.1. The Labute approximate surface area is 268 Å². The van der Waals surface area contributed by atoms with Crippen LogP contribution in [0.2, 0.25) is 0 Å². The average Bonchev–Trinajstić information content (AvgIpc) is 3.44. The van der Waals surface area contributed by atoms with Crippen molar-refractivity contribution in [3.63, 3.8) is 0 Å². The number of anilines is 3. The second-order valence-electron chi connectivity index (χ2n) is 11.7. The standard InChI is InChI=1S/C42H32N4/c1-29-24-42(30(2)23-38(29)32-19-17-31(18-20-32)33-26-43-28-44-27-33)46-40-16-10-9-15-37(40)39-25-36(21-22-41(39)46)45(34-11-5-3-6-12-34)35-13-7-4-8-14-35/h3-28H,1-2H3. The van der Waals surface area contributed by atoms with Crippen LogP contribution in [0.15, 0.2) is 158 Å². The molecule has 0 fully saturated rings. The second kappa shape index (κ2) is 11.5. The van der Waals surface area contributed by atoms with Crippen LogP contribution in [0.4, 0.5) is 17.1 Å². The predicted octanol–water partition coefficient (Wildman–Crippen LogP) is 11.0. The number of benzene rings is 6. The number of fused-ring (bicyclic) bond motifs is 3. The first-order valence-corrected chi connectivity index (χ1v) is 15.6. The number of hydrogen-bond donors (Lipinski definition) is 0. The van der Waals surface area contributed by atoms with E-state index in [9.17, 15) is 0 Å². The Bertz CT molecular complexity index is 2270. The molecule has 0 aliphatic heterocycles. The van der Waals surface area contributed by atoms with Crippen molar-refractivity contribution in [3.05, 3.63) is 169 Å². The van der Waals surface area contributed by atoms with Crippen LogP contribution in [-0.4, -0.2) is 14.5 Å². The largest absolute Gasteiger partial charge is 0.310 e. The molecule has 46 heavy (non-hydrogen) atoms. The fourth-order valence-electron chi connectivity index (χ4n) is 6.60. The van der Waals surface area contributed by atoms with Gasteiger partial charge in [-0.15, -0.1) is 0 Å². The molecule has 8 aromatic rings. The third kappa shape index (κ3) is 4.81. The van der Waals surface area contributed by atoms with Crippen LogP contribution in [0.5, 0.6) is 0 Å². The van der Waals surface area contributed by atoms with E-state index in [2.05, 4.69) is 173 Å². The minimum absolute atomic E-state index is 1.02. The molecule has 8 rings (SSSR count). The van der Waals surface area contributed by atoms with E-state index in [-0.39, 0.29) is 0 Å². The minimum atomic E-state index is 1.02. The van der Waals surface area contributed by atoms with E-state index in [1.165, 1.54) is 49.7 Å². The van der Waals surface area contributed by atoms with Crippen molar-refractivity contribution in [1.82, 2.24) is 14.5 Å². The molecule has 2 heterocycles. The summed E-state index contributed by atoms with van der Waals surface area (Å²) in [6.07, 6.45) is 5.26. The van der Waals surface area contributed by atoms with Crippen LogP contribution in [0.25, 0.3) is 49.7 Å². The highest BCUT2D eigenvalue weighted by Crippen LogP contribution is 2.40. The Kier molecular flexibility index (Phi) is 6.88. The van der Waals surface area contributed by atoms with Crippen LogP contribution >= 0.6 is 0 Å². The first kappa shape index (κ1) is 27.5. The molecule has 2 aromatic heterocycles. The lowest BCUT2D eigenvalue weighted by molar-refractivity contribution is 1.14. The van der Waals surface area contributed by atoms with E-state index >= 15 is 0 Å². The fourth-order valence-corrected chi connectivity index (χ4v) is 6.60. The lowest BCUT2D eigenvalue weighted by atomic mass is 9.95. The summed E-state index contributed by atoms with van der Waals surface area (Å²) in [5.74, 6) is 0. The normalized spacial score (nSPS) is 11.3. The molecule has 0 bridgehead atoms. The molecule has 0 saturated carbocycles. The van der Waals surface area contributed by atoms with Crippen LogP contribution in [0.1, 0.15) is 11.1 Å². The first-order valence-electron chi connectivity index (χ1n) is 15.6. The summed E-state index contributed by atoms with van der Waals surface area (Å²) in [5.41, 5.74) is 14.0. The van der Waals surface area contributed by atoms with Gasteiger partial charge in [-0.25, -0.2) is 9.97 Å². The molecular weight excluding hydrogens is 560 g/mol. The van der Waals surface area contributed by atoms with E-state index < -0.39 is 0 Å². The Morgan fingerprint density at radius 2 is 1.09 bits per heavy atom. The topological polar surface area (TPSA) is 34.0 Å². The number of aromatic nitrogens is 3. The number of aryl methyl sites for hydroxylation is 2. The SMILES string of the molecule is Cc1cc(-n2c3ccccc3c3cc(N(c4ccccc4)c4ccccc4)ccc32)c(C)cc1-c1ccc(-c2cncnc2)cc1. The monoisotopic (exact) mass is 592 g/mol. The average molecular weight is 593 g/mol. The molecule has 0 aliphatic carbocycles. The molecule has 0 atom stereocenters. The maximum atomic E-state index is 4.17. The van der Waals surface area contributed by atoms with Crippen LogP contribution in [-0.2, 0) is 0 Å². The number of nitrogens with zero attached hydrogens (tertiary/aromatic N) is 4. The van der Waals surface area contributed by atoms with E-state index in [1.54, 1.807) is 6.33 Å². The zero-order valence-corrected chi connectivity index (χ0v) is 25.8.